The van der Waals surface area contributed by atoms with Crippen molar-refractivity contribution in [3.8, 4) is 5.75 Å². The molecule has 2 aromatic rings. The summed E-state index contributed by atoms with van der Waals surface area (Å²) in [6, 6.07) is 7.32. The van der Waals surface area contributed by atoms with E-state index in [1.807, 2.05) is 0 Å². The molecule has 0 atom stereocenters. The van der Waals surface area contributed by atoms with E-state index >= 15 is 0 Å². The first-order chi connectivity index (χ1) is 9.83. The summed E-state index contributed by atoms with van der Waals surface area (Å²) >= 11 is 9.14. The standard InChI is InChI=1S/C13H9BrClF3N2O/c14-10-7-20-12(5-11(10)15)19-6-8-2-1-3-9(4-8)21-13(16,17)18/h1-5,7H,6H2,(H,19,20). The molecule has 112 valence electrons. The molecule has 8 heteroatoms. The average Bonchev–Trinajstić information content (AvgIpc) is 2.39. The lowest BCUT2D eigenvalue weighted by molar-refractivity contribution is -0.274. The molecule has 0 fully saturated rings. The van der Waals surface area contributed by atoms with Crippen LogP contribution in [0.15, 0.2) is 41.0 Å². The Hall–Kier alpha value is -1.47. The molecule has 1 heterocycles. The highest BCUT2D eigenvalue weighted by Crippen LogP contribution is 2.25. The van der Waals surface area contributed by atoms with Gasteiger partial charge in [-0.1, -0.05) is 23.7 Å². The van der Waals surface area contributed by atoms with Gasteiger partial charge in [-0.05, 0) is 33.6 Å². The van der Waals surface area contributed by atoms with Gasteiger partial charge in [-0.3, -0.25) is 0 Å². The minimum absolute atomic E-state index is 0.261. The van der Waals surface area contributed by atoms with E-state index in [-0.39, 0.29) is 5.75 Å². The Balaban J connectivity index is 2.03. The number of halogens is 5. The highest BCUT2D eigenvalue weighted by molar-refractivity contribution is 9.10. The predicted molar refractivity (Wildman–Crippen MR) is 77.4 cm³/mol. The maximum atomic E-state index is 12.1. The fourth-order valence-electron chi connectivity index (χ4n) is 1.56. The molecule has 0 aliphatic rings. The van der Waals surface area contributed by atoms with E-state index in [9.17, 15) is 13.2 Å². The molecule has 3 nitrogen and oxygen atoms in total. The van der Waals surface area contributed by atoms with Gasteiger partial charge in [0.25, 0.3) is 0 Å². The smallest absolute Gasteiger partial charge is 0.406 e. The molecule has 1 N–H and O–H groups in total. The van der Waals surface area contributed by atoms with Gasteiger partial charge in [-0.25, -0.2) is 4.98 Å². The lowest BCUT2D eigenvalue weighted by Gasteiger charge is -2.11. The van der Waals surface area contributed by atoms with E-state index in [4.69, 9.17) is 11.6 Å². The lowest BCUT2D eigenvalue weighted by Crippen LogP contribution is -2.17. The third kappa shape index (κ3) is 5.09. The molecule has 0 aliphatic heterocycles. The van der Waals surface area contributed by atoms with Crippen LogP contribution in [0.4, 0.5) is 19.0 Å². The van der Waals surface area contributed by atoms with Gasteiger partial charge < -0.3 is 10.1 Å². The molecule has 0 amide bonds. The van der Waals surface area contributed by atoms with Gasteiger partial charge in [-0.15, -0.1) is 13.2 Å². The van der Waals surface area contributed by atoms with Crippen LogP contribution in [0.1, 0.15) is 5.56 Å². The number of pyridine rings is 1. The van der Waals surface area contributed by atoms with Crippen LogP contribution >= 0.6 is 27.5 Å². The molecular formula is C13H9BrClF3N2O. The largest absolute Gasteiger partial charge is 0.573 e. The number of ether oxygens (including phenoxy) is 1. The fourth-order valence-corrected chi connectivity index (χ4v) is 1.92. The van der Waals surface area contributed by atoms with Crippen molar-refractivity contribution < 1.29 is 17.9 Å². The second-order valence-electron chi connectivity index (χ2n) is 4.03. The Morgan fingerprint density at radius 3 is 2.71 bits per heavy atom. The number of anilines is 1. The third-order valence-electron chi connectivity index (χ3n) is 2.41. The van der Waals surface area contributed by atoms with E-state index in [1.165, 1.54) is 24.4 Å². The maximum Gasteiger partial charge on any atom is 0.573 e. The molecular weight excluding hydrogens is 373 g/mol. The number of rotatable bonds is 4. The van der Waals surface area contributed by atoms with E-state index in [2.05, 4.69) is 31.0 Å². The van der Waals surface area contributed by atoms with E-state index in [1.54, 1.807) is 12.1 Å². The molecule has 21 heavy (non-hydrogen) atoms. The first kappa shape index (κ1) is 15.9. The van der Waals surface area contributed by atoms with Gasteiger partial charge >= 0.3 is 6.36 Å². The maximum absolute atomic E-state index is 12.1. The third-order valence-corrected chi connectivity index (χ3v) is 3.59. The summed E-state index contributed by atoms with van der Waals surface area (Å²) in [4.78, 5) is 4.08. The molecule has 2 rings (SSSR count). The van der Waals surface area contributed by atoms with Crippen molar-refractivity contribution in [3.05, 3.63) is 51.6 Å². The summed E-state index contributed by atoms with van der Waals surface area (Å²) < 4.78 is 40.9. The summed E-state index contributed by atoms with van der Waals surface area (Å²) in [5.74, 6) is 0.258. The SMILES string of the molecule is FC(F)(F)Oc1cccc(CNc2cc(Cl)c(Br)cn2)c1. The van der Waals surface area contributed by atoms with Crippen LogP contribution in [0.2, 0.25) is 5.02 Å². The summed E-state index contributed by atoms with van der Waals surface area (Å²) in [5, 5.41) is 3.45. The van der Waals surface area contributed by atoms with Crippen molar-refractivity contribution in [1.29, 1.82) is 0 Å². The van der Waals surface area contributed by atoms with Crippen LogP contribution in [0, 0.1) is 0 Å². The van der Waals surface area contributed by atoms with E-state index < -0.39 is 6.36 Å². The molecule has 1 aromatic carbocycles. The van der Waals surface area contributed by atoms with Gasteiger partial charge in [-0.2, -0.15) is 0 Å². The number of aromatic nitrogens is 1. The second kappa shape index (κ2) is 6.53. The van der Waals surface area contributed by atoms with Crippen LogP contribution in [-0.4, -0.2) is 11.3 Å². The highest BCUT2D eigenvalue weighted by atomic mass is 79.9. The lowest BCUT2D eigenvalue weighted by atomic mass is 10.2. The van der Waals surface area contributed by atoms with Crippen molar-refractivity contribution in [2.75, 3.05) is 5.32 Å². The van der Waals surface area contributed by atoms with Gasteiger partial charge in [0.2, 0.25) is 0 Å². The fraction of sp³-hybridized carbons (Fsp3) is 0.154. The van der Waals surface area contributed by atoms with Crippen LogP contribution in [-0.2, 0) is 6.54 Å². The minimum Gasteiger partial charge on any atom is -0.406 e. The molecule has 0 bridgehead atoms. The Labute approximate surface area is 132 Å². The van der Waals surface area contributed by atoms with Gasteiger partial charge in [0.1, 0.15) is 11.6 Å². The van der Waals surface area contributed by atoms with Gasteiger partial charge in [0.05, 0.1) is 9.50 Å². The first-order valence-electron chi connectivity index (χ1n) is 5.73. The van der Waals surface area contributed by atoms with Crippen molar-refractivity contribution in [2.24, 2.45) is 0 Å². The number of nitrogens with one attached hydrogen (secondary N) is 1. The zero-order valence-electron chi connectivity index (χ0n) is 10.4. The predicted octanol–water partition coefficient (Wildman–Crippen LogP) is 5.01. The van der Waals surface area contributed by atoms with Gasteiger partial charge in [0, 0.05) is 18.8 Å². The summed E-state index contributed by atoms with van der Waals surface area (Å²) in [6.07, 6.45) is -3.17. The summed E-state index contributed by atoms with van der Waals surface area (Å²) in [7, 11) is 0. The monoisotopic (exact) mass is 380 g/mol. The quantitative estimate of drug-likeness (QED) is 0.808. The molecule has 0 saturated heterocycles. The number of benzene rings is 1. The Kier molecular flexibility index (Phi) is 4.95. The zero-order chi connectivity index (χ0) is 15.5. The van der Waals surface area contributed by atoms with E-state index in [0.717, 1.165) is 0 Å². The normalized spacial score (nSPS) is 11.3. The summed E-state index contributed by atoms with van der Waals surface area (Å²) in [6.45, 7) is 0.292. The molecule has 0 radical (unpaired) electrons. The second-order valence-corrected chi connectivity index (χ2v) is 5.29. The molecule has 0 spiro atoms. The highest BCUT2D eigenvalue weighted by Gasteiger charge is 2.31. The van der Waals surface area contributed by atoms with Gasteiger partial charge in [0.15, 0.2) is 0 Å². The Morgan fingerprint density at radius 2 is 2.05 bits per heavy atom. The van der Waals surface area contributed by atoms with Crippen LogP contribution in [0.25, 0.3) is 0 Å². The molecule has 1 aromatic heterocycles. The zero-order valence-corrected chi connectivity index (χ0v) is 12.8. The van der Waals surface area contributed by atoms with Crippen LogP contribution in [0.5, 0.6) is 5.75 Å². The molecule has 0 unspecified atom stereocenters. The molecule has 0 aliphatic carbocycles. The first-order valence-corrected chi connectivity index (χ1v) is 6.90. The van der Waals surface area contributed by atoms with E-state index in [0.29, 0.717) is 27.4 Å². The number of nitrogens with zero attached hydrogens (tertiary/aromatic N) is 1. The van der Waals surface area contributed by atoms with Crippen molar-refractivity contribution in [3.63, 3.8) is 0 Å². The average molecular weight is 382 g/mol. The number of hydrogen-bond donors (Lipinski definition) is 1. The molecule has 0 saturated carbocycles. The van der Waals surface area contributed by atoms with Crippen LogP contribution in [0.3, 0.4) is 0 Å². The summed E-state index contributed by atoms with van der Waals surface area (Å²) in [5.41, 5.74) is 0.623. The number of hydrogen-bond acceptors (Lipinski definition) is 3. The van der Waals surface area contributed by atoms with Crippen LogP contribution < -0.4 is 10.1 Å². The Morgan fingerprint density at radius 1 is 1.29 bits per heavy atom. The topological polar surface area (TPSA) is 34.1 Å². The van der Waals surface area contributed by atoms with Crippen molar-refractivity contribution >= 4 is 33.3 Å². The van der Waals surface area contributed by atoms with Crippen molar-refractivity contribution in [2.45, 2.75) is 12.9 Å². The van der Waals surface area contributed by atoms with Crippen molar-refractivity contribution in [1.82, 2.24) is 4.98 Å². The Bertz CT molecular complexity index is 637. The number of alkyl halides is 3. The minimum atomic E-state index is -4.70.